The highest BCUT2D eigenvalue weighted by Crippen LogP contribution is 2.29. The first-order valence-electron chi connectivity index (χ1n) is 7.34. The van der Waals surface area contributed by atoms with E-state index in [4.69, 9.17) is 27.9 Å². The van der Waals surface area contributed by atoms with Crippen LogP contribution in [0.5, 0.6) is 0 Å². The average Bonchev–Trinajstić information content (AvgIpc) is 2.91. The summed E-state index contributed by atoms with van der Waals surface area (Å²) in [6.07, 6.45) is 2.37. The van der Waals surface area contributed by atoms with Crippen molar-refractivity contribution in [1.29, 1.82) is 0 Å². The van der Waals surface area contributed by atoms with E-state index in [9.17, 15) is 0 Å². The SMILES string of the molecule is CC(C)C(NCCC1CCOC1)c1ccc(Cl)c(Cl)c1. The zero-order valence-electron chi connectivity index (χ0n) is 12.2. The summed E-state index contributed by atoms with van der Waals surface area (Å²) >= 11 is 12.1. The fourth-order valence-corrected chi connectivity index (χ4v) is 3.00. The Hall–Kier alpha value is -0.280. The number of nitrogens with one attached hydrogen (secondary N) is 1. The summed E-state index contributed by atoms with van der Waals surface area (Å²) in [6, 6.07) is 6.22. The first-order valence-corrected chi connectivity index (χ1v) is 8.09. The van der Waals surface area contributed by atoms with Crippen LogP contribution in [0.2, 0.25) is 10.0 Å². The van der Waals surface area contributed by atoms with E-state index in [0.29, 0.717) is 27.9 Å². The maximum Gasteiger partial charge on any atom is 0.0595 e. The highest BCUT2D eigenvalue weighted by Gasteiger charge is 2.19. The maximum absolute atomic E-state index is 6.12. The Bertz CT molecular complexity index is 430. The summed E-state index contributed by atoms with van der Waals surface area (Å²) < 4.78 is 5.42. The van der Waals surface area contributed by atoms with Crippen LogP contribution in [0.3, 0.4) is 0 Å². The summed E-state index contributed by atoms with van der Waals surface area (Å²) in [5, 5.41) is 4.89. The minimum Gasteiger partial charge on any atom is -0.381 e. The molecule has 2 nitrogen and oxygen atoms in total. The van der Waals surface area contributed by atoms with Crippen molar-refractivity contribution < 1.29 is 4.74 Å². The molecule has 112 valence electrons. The summed E-state index contributed by atoms with van der Waals surface area (Å²) in [4.78, 5) is 0. The average molecular weight is 316 g/mol. The van der Waals surface area contributed by atoms with E-state index in [-0.39, 0.29) is 0 Å². The molecular weight excluding hydrogens is 293 g/mol. The number of rotatable bonds is 6. The molecule has 0 bridgehead atoms. The number of benzene rings is 1. The molecule has 2 atom stereocenters. The first kappa shape index (κ1) is 16.1. The molecule has 1 saturated heterocycles. The van der Waals surface area contributed by atoms with Gasteiger partial charge in [0.05, 0.1) is 10.0 Å². The van der Waals surface area contributed by atoms with Crippen LogP contribution in [-0.4, -0.2) is 19.8 Å². The Morgan fingerprint density at radius 2 is 2.10 bits per heavy atom. The Labute approximate surface area is 131 Å². The molecule has 2 unspecified atom stereocenters. The highest BCUT2D eigenvalue weighted by atomic mass is 35.5. The van der Waals surface area contributed by atoms with Crippen molar-refractivity contribution in [3.8, 4) is 0 Å². The molecule has 1 N–H and O–H groups in total. The lowest BCUT2D eigenvalue weighted by molar-refractivity contribution is 0.183. The van der Waals surface area contributed by atoms with Gasteiger partial charge in [-0.1, -0.05) is 43.1 Å². The Morgan fingerprint density at radius 1 is 1.30 bits per heavy atom. The Kier molecular flexibility index (Phi) is 6.16. The zero-order chi connectivity index (χ0) is 14.5. The number of hydrogen-bond donors (Lipinski definition) is 1. The molecule has 1 aromatic carbocycles. The number of halogens is 2. The van der Waals surface area contributed by atoms with Gasteiger partial charge in [0.1, 0.15) is 0 Å². The topological polar surface area (TPSA) is 21.3 Å². The van der Waals surface area contributed by atoms with E-state index in [0.717, 1.165) is 19.8 Å². The summed E-state index contributed by atoms with van der Waals surface area (Å²) in [7, 11) is 0. The van der Waals surface area contributed by atoms with Crippen molar-refractivity contribution in [3.63, 3.8) is 0 Å². The molecule has 0 aromatic heterocycles. The predicted molar refractivity (Wildman–Crippen MR) is 85.6 cm³/mol. The molecule has 4 heteroatoms. The van der Waals surface area contributed by atoms with Crippen molar-refractivity contribution in [2.75, 3.05) is 19.8 Å². The first-order chi connectivity index (χ1) is 9.58. The van der Waals surface area contributed by atoms with E-state index >= 15 is 0 Å². The molecule has 1 heterocycles. The van der Waals surface area contributed by atoms with Crippen LogP contribution in [0.25, 0.3) is 0 Å². The van der Waals surface area contributed by atoms with Gasteiger partial charge in [-0.05, 0) is 48.9 Å². The molecule has 1 aromatic rings. The predicted octanol–water partition coefficient (Wildman–Crippen LogP) is 4.71. The molecule has 0 radical (unpaired) electrons. The third-order valence-electron chi connectivity index (χ3n) is 3.91. The van der Waals surface area contributed by atoms with Gasteiger partial charge in [-0.3, -0.25) is 0 Å². The molecule has 2 rings (SSSR count). The van der Waals surface area contributed by atoms with Gasteiger partial charge in [0.2, 0.25) is 0 Å². The van der Waals surface area contributed by atoms with Crippen LogP contribution in [0.15, 0.2) is 18.2 Å². The lowest BCUT2D eigenvalue weighted by Gasteiger charge is -2.24. The second kappa shape index (κ2) is 7.65. The van der Waals surface area contributed by atoms with Crippen molar-refractivity contribution in [2.45, 2.75) is 32.7 Å². The molecule has 1 aliphatic rings. The second-order valence-electron chi connectivity index (χ2n) is 5.87. The Balaban J connectivity index is 1.93. The number of hydrogen-bond acceptors (Lipinski definition) is 2. The summed E-state index contributed by atoms with van der Waals surface area (Å²) in [5.74, 6) is 1.22. The van der Waals surface area contributed by atoms with Crippen LogP contribution in [0.1, 0.15) is 38.3 Å². The van der Waals surface area contributed by atoms with Gasteiger partial charge in [-0.2, -0.15) is 0 Å². The van der Waals surface area contributed by atoms with Gasteiger partial charge in [0.15, 0.2) is 0 Å². The van der Waals surface area contributed by atoms with E-state index in [1.54, 1.807) is 0 Å². The molecule has 1 aliphatic heterocycles. The highest BCUT2D eigenvalue weighted by molar-refractivity contribution is 6.42. The van der Waals surface area contributed by atoms with Gasteiger partial charge < -0.3 is 10.1 Å². The third-order valence-corrected chi connectivity index (χ3v) is 4.65. The Morgan fingerprint density at radius 3 is 2.70 bits per heavy atom. The van der Waals surface area contributed by atoms with Gasteiger partial charge >= 0.3 is 0 Å². The maximum atomic E-state index is 6.12. The van der Waals surface area contributed by atoms with Crippen LogP contribution < -0.4 is 5.32 Å². The van der Waals surface area contributed by atoms with E-state index in [2.05, 4.69) is 25.2 Å². The minimum atomic E-state index is 0.312. The van der Waals surface area contributed by atoms with E-state index < -0.39 is 0 Å². The van der Waals surface area contributed by atoms with E-state index in [1.165, 1.54) is 18.4 Å². The number of ether oxygens (including phenoxy) is 1. The summed E-state index contributed by atoms with van der Waals surface area (Å²) in [5.41, 5.74) is 1.21. The molecule has 0 amide bonds. The monoisotopic (exact) mass is 315 g/mol. The fourth-order valence-electron chi connectivity index (χ4n) is 2.70. The second-order valence-corrected chi connectivity index (χ2v) is 6.68. The van der Waals surface area contributed by atoms with Crippen LogP contribution in [-0.2, 0) is 4.74 Å². The van der Waals surface area contributed by atoms with Crippen LogP contribution in [0, 0.1) is 11.8 Å². The van der Waals surface area contributed by atoms with Gasteiger partial charge in [-0.25, -0.2) is 0 Å². The molecule has 0 aliphatic carbocycles. The summed E-state index contributed by atoms with van der Waals surface area (Å²) in [6.45, 7) is 7.29. The molecule has 0 saturated carbocycles. The standard InChI is InChI=1S/C16H23Cl2NO/c1-11(2)16(13-3-4-14(17)15(18)9-13)19-7-5-12-6-8-20-10-12/h3-4,9,11-12,16,19H,5-8,10H2,1-2H3. The van der Waals surface area contributed by atoms with E-state index in [1.807, 2.05) is 12.1 Å². The third kappa shape index (κ3) is 4.36. The van der Waals surface area contributed by atoms with Crippen molar-refractivity contribution in [3.05, 3.63) is 33.8 Å². The van der Waals surface area contributed by atoms with Gasteiger partial charge in [0, 0.05) is 19.3 Å². The molecule has 1 fully saturated rings. The zero-order valence-corrected chi connectivity index (χ0v) is 13.7. The van der Waals surface area contributed by atoms with Crippen LogP contribution in [0.4, 0.5) is 0 Å². The van der Waals surface area contributed by atoms with Gasteiger partial charge in [0.25, 0.3) is 0 Å². The molecule has 20 heavy (non-hydrogen) atoms. The smallest absolute Gasteiger partial charge is 0.0595 e. The largest absolute Gasteiger partial charge is 0.381 e. The quantitative estimate of drug-likeness (QED) is 0.821. The minimum absolute atomic E-state index is 0.312. The lowest BCUT2D eigenvalue weighted by Crippen LogP contribution is -2.28. The lowest BCUT2D eigenvalue weighted by atomic mass is 9.95. The fraction of sp³-hybridized carbons (Fsp3) is 0.625. The molecule has 0 spiro atoms. The van der Waals surface area contributed by atoms with Crippen molar-refractivity contribution >= 4 is 23.2 Å². The van der Waals surface area contributed by atoms with Crippen molar-refractivity contribution in [1.82, 2.24) is 5.32 Å². The molecular formula is C16H23Cl2NO. The normalized spacial score (nSPS) is 20.6. The van der Waals surface area contributed by atoms with Gasteiger partial charge in [-0.15, -0.1) is 0 Å². The van der Waals surface area contributed by atoms with Crippen LogP contribution >= 0.6 is 23.2 Å². The van der Waals surface area contributed by atoms with Crippen molar-refractivity contribution in [2.24, 2.45) is 11.8 Å².